The van der Waals surface area contributed by atoms with Crippen LogP contribution in [0.1, 0.15) is 26.7 Å². The fraction of sp³-hybridized carbons (Fsp3) is 1.00. The largest absolute Gasteiger partial charge is 0.383 e. The molecule has 0 bridgehead atoms. The zero-order chi connectivity index (χ0) is 12.7. The normalized spacial score (nSPS) is 16.0. The van der Waals surface area contributed by atoms with Gasteiger partial charge in [-0.1, -0.05) is 13.8 Å². The molecule has 5 heteroatoms. The van der Waals surface area contributed by atoms with Crippen LogP contribution in [0, 0.1) is 5.41 Å². The van der Waals surface area contributed by atoms with Crippen LogP contribution in [0.4, 0.5) is 0 Å². The first-order valence-corrected chi connectivity index (χ1v) is 7.76. The summed E-state index contributed by atoms with van der Waals surface area (Å²) in [7, 11) is -1.18. The average molecular weight is 251 g/mol. The molecule has 0 amide bonds. The summed E-state index contributed by atoms with van der Waals surface area (Å²) in [5.41, 5.74) is 0.0524. The molecule has 1 unspecified atom stereocenters. The smallest absolute Gasteiger partial charge is 0.147 e. The van der Waals surface area contributed by atoms with E-state index in [4.69, 9.17) is 4.74 Å². The topological polar surface area (TPSA) is 55.4 Å². The van der Waals surface area contributed by atoms with E-state index in [1.165, 1.54) is 6.26 Å². The van der Waals surface area contributed by atoms with Crippen LogP contribution < -0.4 is 5.32 Å². The maximum atomic E-state index is 11.1. The molecule has 0 aromatic carbocycles. The molecule has 0 saturated carbocycles. The van der Waals surface area contributed by atoms with Gasteiger partial charge in [0, 0.05) is 26.5 Å². The molecule has 0 rings (SSSR count). The Morgan fingerprint density at radius 3 is 2.44 bits per heavy atom. The number of sulfone groups is 1. The molecule has 0 saturated heterocycles. The molecule has 0 aromatic rings. The van der Waals surface area contributed by atoms with Crippen LogP contribution in [0.3, 0.4) is 0 Å². The van der Waals surface area contributed by atoms with Crippen molar-refractivity contribution in [3.8, 4) is 0 Å². The van der Waals surface area contributed by atoms with Gasteiger partial charge < -0.3 is 10.1 Å². The highest BCUT2D eigenvalue weighted by molar-refractivity contribution is 7.90. The van der Waals surface area contributed by atoms with Crippen molar-refractivity contribution in [2.24, 2.45) is 5.41 Å². The second-order valence-electron chi connectivity index (χ2n) is 4.71. The van der Waals surface area contributed by atoms with Crippen LogP contribution in [-0.2, 0) is 14.6 Å². The van der Waals surface area contributed by atoms with Crippen LogP contribution in [0.15, 0.2) is 0 Å². The molecular weight excluding hydrogens is 226 g/mol. The Morgan fingerprint density at radius 1 is 1.38 bits per heavy atom. The fourth-order valence-electron chi connectivity index (χ4n) is 1.39. The molecule has 0 spiro atoms. The fourth-order valence-corrected chi connectivity index (χ4v) is 2.25. The lowest BCUT2D eigenvalue weighted by atomic mass is 9.84. The minimum Gasteiger partial charge on any atom is -0.383 e. The zero-order valence-electron chi connectivity index (χ0n) is 10.9. The lowest BCUT2D eigenvalue weighted by Crippen LogP contribution is -2.34. The maximum absolute atomic E-state index is 11.1. The van der Waals surface area contributed by atoms with Crippen molar-refractivity contribution in [3.63, 3.8) is 0 Å². The first-order chi connectivity index (χ1) is 7.33. The third kappa shape index (κ3) is 8.07. The van der Waals surface area contributed by atoms with E-state index in [0.29, 0.717) is 13.0 Å². The van der Waals surface area contributed by atoms with Crippen molar-refractivity contribution in [3.05, 3.63) is 0 Å². The predicted molar refractivity (Wildman–Crippen MR) is 67.5 cm³/mol. The van der Waals surface area contributed by atoms with Gasteiger partial charge in [0.15, 0.2) is 0 Å². The Hall–Kier alpha value is -0.130. The quantitative estimate of drug-likeness (QED) is 0.623. The van der Waals surface area contributed by atoms with Crippen molar-refractivity contribution in [2.45, 2.75) is 26.7 Å². The number of hydrogen-bond acceptors (Lipinski definition) is 4. The van der Waals surface area contributed by atoms with E-state index < -0.39 is 9.84 Å². The van der Waals surface area contributed by atoms with E-state index in [1.54, 1.807) is 7.11 Å². The van der Waals surface area contributed by atoms with Crippen molar-refractivity contribution in [1.29, 1.82) is 0 Å². The number of hydrogen-bond donors (Lipinski definition) is 1. The van der Waals surface area contributed by atoms with Gasteiger partial charge in [0.1, 0.15) is 9.84 Å². The molecule has 1 N–H and O–H groups in total. The molecule has 0 radical (unpaired) electrons. The highest BCUT2D eigenvalue weighted by Crippen LogP contribution is 2.25. The Kier molecular flexibility index (Phi) is 7.19. The minimum atomic E-state index is -2.86. The van der Waals surface area contributed by atoms with Gasteiger partial charge in [-0.15, -0.1) is 0 Å². The average Bonchev–Trinajstić information content (AvgIpc) is 2.21. The van der Waals surface area contributed by atoms with Crippen molar-refractivity contribution < 1.29 is 13.2 Å². The second-order valence-corrected chi connectivity index (χ2v) is 6.97. The molecule has 0 heterocycles. The van der Waals surface area contributed by atoms with Crippen molar-refractivity contribution in [1.82, 2.24) is 5.32 Å². The highest BCUT2D eigenvalue weighted by Gasteiger charge is 2.23. The van der Waals surface area contributed by atoms with Crippen LogP contribution in [0.5, 0.6) is 0 Å². The second kappa shape index (κ2) is 7.25. The Morgan fingerprint density at radius 2 is 2.00 bits per heavy atom. The van der Waals surface area contributed by atoms with Crippen LogP contribution in [0.2, 0.25) is 0 Å². The SMILES string of the molecule is CCC(C)(CCS(C)(=O)=O)CNCCOC. The van der Waals surface area contributed by atoms with E-state index in [9.17, 15) is 8.42 Å². The zero-order valence-corrected chi connectivity index (χ0v) is 11.7. The van der Waals surface area contributed by atoms with Crippen molar-refractivity contribution >= 4 is 9.84 Å². The molecule has 0 aliphatic carbocycles. The molecule has 98 valence electrons. The molecule has 0 fully saturated rings. The van der Waals surface area contributed by atoms with E-state index >= 15 is 0 Å². The third-order valence-corrected chi connectivity index (χ3v) is 3.91. The van der Waals surface area contributed by atoms with Gasteiger partial charge in [0.25, 0.3) is 0 Å². The molecule has 4 nitrogen and oxygen atoms in total. The Balaban J connectivity index is 4.00. The van der Waals surface area contributed by atoms with Gasteiger partial charge in [0.2, 0.25) is 0 Å². The van der Waals surface area contributed by atoms with Crippen LogP contribution in [0.25, 0.3) is 0 Å². The molecule has 0 aliphatic heterocycles. The van der Waals surface area contributed by atoms with Gasteiger partial charge in [-0.2, -0.15) is 0 Å². The maximum Gasteiger partial charge on any atom is 0.147 e. The van der Waals surface area contributed by atoms with Gasteiger partial charge in [0.05, 0.1) is 12.4 Å². The summed E-state index contributed by atoms with van der Waals surface area (Å²) in [6, 6.07) is 0. The summed E-state index contributed by atoms with van der Waals surface area (Å²) in [6.45, 7) is 6.55. The van der Waals surface area contributed by atoms with Crippen molar-refractivity contribution in [2.75, 3.05) is 38.8 Å². The molecule has 1 atom stereocenters. The standard InChI is InChI=1S/C11H25NO3S/c1-5-11(2,6-9-16(4,13)14)10-12-7-8-15-3/h12H,5-10H2,1-4H3. The Bertz CT molecular complexity index is 277. The van der Waals surface area contributed by atoms with Crippen LogP contribution in [-0.4, -0.2) is 47.2 Å². The van der Waals surface area contributed by atoms with Gasteiger partial charge in [-0.25, -0.2) is 8.42 Å². The van der Waals surface area contributed by atoms with E-state index in [2.05, 4.69) is 19.2 Å². The number of nitrogens with one attached hydrogen (secondary N) is 1. The summed E-state index contributed by atoms with van der Waals surface area (Å²) < 4.78 is 27.2. The molecular formula is C11H25NO3S. The number of rotatable bonds is 9. The van der Waals surface area contributed by atoms with Gasteiger partial charge in [-0.05, 0) is 18.3 Å². The molecule has 0 aromatic heterocycles. The predicted octanol–water partition coefficient (Wildman–Crippen LogP) is 1.07. The Labute approximate surface area is 99.7 Å². The summed E-state index contributed by atoms with van der Waals surface area (Å²) >= 11 is 0. The summed E-state index contributed by atoms with van der Waals surface area (Å²) in [4.78, 5) is 0. The van der Waals surface area contributed by atoms with Crippen LogP contribution >= 0.6 is 0 Å². The summed E-state index contributed by atoms with van der Waals surface area (Å²) in [6.07, 6.45) is 2.98. The lowest BCUT2D eigenvalue weighted by Gasteiger charge is -2.28. The highest BCUT2D eigenvalue weighted by atomic mass is 32.2. The van der Waals surface area contributed by atoms with Gasteiger partial charge >= 0.3 is 0 Å². The third-order valence-electron chi connectivity index (χ3n) is 2.96. The van der Waals surface area contributed by atoms with E-state index in [-0.39, 0.29) is 11.2 Å². The monoisotopic (exact) mass is 251 g/mol. The molecule has 0 aliphatic rings. The molecule has 16 heavy (non-hydrogen) atoms. The number of methoxy groups -OCH3 is 1. The lowest BCUT2D eigenvalue weighted by molar-refractivity contribution is 0.190. The van der Waals surface area contributed by atoms with E-state index in [0.717, 1.165) is 19.5 Å². The first kappa shape index (κ1) is 15.9. The summed E-state index contributed by atoms with van der Waals surface area (Å²) in [5, 5.41) is 3.29. The minimum absolute atomic E-state index is 0.0524. The van der Waals surface area contributed by atoms with Gasteiger partial charge in [-0.3, -0.25) is 0 Å². The van der Waals surface area contributed by atoms with E-state index in [1.807, 2.05) is 0 Å². The summed E-state index contributed by atoms with van der Waals surface area (Å²) in [5.74, 6) is 0.267. The number of ether oxygens (including phenoxy) is 1. The first-order valence-electron chi connectivity index (χ1n) is 5.70.